The summed E-state index contributed by atoms with van der Waals surface area (Å²) >= 11 is 3.46. The van der Waals surface area contributed by atoms with Crippen molar-refractivity contribution in [2.75, 3.05) is 12.1 Å². The van der Waals surface area contributed by atoms with Gasteiger partial charge >= 0.3 is 0 Å². The molecule has 1 aromatic heterocycles. The topological polar surface area (TPSA) is 57.5 Å². The second-order valence-electron chi connectivity index (χ2n) is 6.42. The number of hydrogen-bond acceptors (Lipinski definition) is 4. The van der Waals surface area contributed by atoms with Gasteiger partial charge in [-0.3, -0.25) is 0 Å². The second-order valence-corrected chi connectivity index (χ2v) is 7.41. The summed E-state index contributed by atoms with van der Waals surface area (Å²) in [4.78, 5) is 0. The van der Waals surface area contributed by atoms with Gasteiger partial charge in [0.25, 0.3) is 0 Å². The van der Waals surface area contributed by atoms with Crippen molar-refractivity contribution in [2.45, 2.75) is 32.2 Å². The molecule has 0 saturated heterocycles. The quantitative estimate of drug-likeness (QED) is 0.409. The maximum Gasteiger partial charge on any atom is 0.112 e. The van der Waals surface area contributed by atoms with Crippen LogP contribution in [0.2, 0.25) is 5.02 Å². The molecule has 3 rings (SSSR count). The maximum atomic E-state index is 10.9. The van der Waals surface area contributed by atoms with E-state index in [1.54, 1.807) is 7.05 Å². The van der Waals surface area contributed by atoms with Crippen molar-refractivity contribution in [2.24, 2.45) is 0 Å². The minimum atomic E-state index is -2.63. The van der Waals surface area contributed by atoms with Gasteiger partial charge in [0.1, 0.15) is 11.4 Å². The van der Waals surface area contributed by atoms with E-state index in [4.69, 9.17) is 15.9 Å². The Hall–Kier alpha value is -1.86. The zero-order valence-corrected chi connectivity index (χ0v) is 17.1. The summed E-state index contributed by atoms with van der Waals surface area (Å²) in [7, 11) is 1.58. The largest absolute Gasteiger partial charge is 0.748 e. The van der Waals surface area contributed by atoms with E-state index in [2.05, 4.69) is 36.7 Å². The lowest BCUT2D eigenvalue weighted by Crippen LogP contribution is -2.33. The third kappa shape index (κ3) is 3.62. The summed E-state index contributed by atoms with van der Waals surface area (Å²) in [5, 5.41) is 2.90. The van der Waals surface area contributed by atoms with Gasteiger partial charge in [-0.1, -0.05) is 43.6 Å². The summed E-state index contributed by atoms with van der Waals surface area (Å²) in [6.45, 7) is 4.34. The molecule has 3 aromatic rings. The highest BCUT2D eigenvalue weighted by Gasteiger charge is 2.31. The third-order valence-electron chi connectivity index (χ3n) is 5.23. The Morgan fingerprint density at radius 2 is 1.81 bits per heavy atom. The fourth-order valence-electron chi connectivity index (χ4n) is 3.83. The fraction of sp³-hybridized carbons (Fsp3) is 0.300. The van der Waals surface area contributed by atoms with E-state index >= 15 is 0 Å². The van der Waals surface area contributed by atoms with Gasteiger partial charge in [0.05, 0.1) is 16.7 Å². The van der Waals surface area contributed by atoms with Gasteiger partial charge in [-0.25, -0.2) is 9.27 Å². The third-order valence-corrected chi connectivity index (χ3v) is 5.83. The number of hydrogen-bond donors (Lipinski definition) is 0. The van der Waals surface area contributed by atoms with Gasteiger partial charge in [0.15, 0.2) is 0 Å². The normalized spacial score (nSPS) is 13.1. The molecule has 0 amide bonds. The molecule has 0 radical (unpaired) electrons. The minimum absolute atomic E-state index is 0.230. The number of halogens is 1. The molecule has 0 bridgehead atoms. The molecule has 1 atom stereocenters. The van der Waals surface area contributed by atoms with Crippen LogP contribution in [0.1, 0.15) is 32.3 Å². The Balaban J connectivity index is 2.17. The molecule has 0 aliphatic heterocycles. The van der Waals surface area contributed by atoms with E-state index in [0.717, 1.165) is 23.7 Å². The molecule has 144 valence electrons. The van der Waals surface area contributed by atoms with Crippen LogP contribution in [0.3, 0.4) is 0 Å². The Labute approximate surface area is 166 Å². The summed E-state index contributed by atoms with van der Waals surface area (Å²) < 4.78 is 28.9. The van der Waals surface area contributed by atoms with E-state index < -0.39 is 11.4 Å². The fourth-order valence-corrected chi connectivity index (χ4v) is 4.22. The summed E-state index contributed by atoms with van der Waals surface area (Å²) in [6, 6.07) is 15.7. The van der Waals surface area contributed by atoms with Crippen LogP contribution in [-0.2, 0) is 21.2 Å². The van der Waals surface area contributed by atoms with Crippen LogP contribution in [0, 0.1) is 0 Å². The Bertz CT molecular complexity index is 952. The number of fused-ring (bicyclic) bond motifs is 1. The molecule has 0 aliphatic rings. The highest BCUT2D eigenvalue weighted by Crippen LogP contribution is 2.39. The van der Waals surface area contributed by atoms with Crippen LogP contribution in [0.5, 0.6) is 0 Å². The summed E-state index contributed by atoms with van der Waals surface area (Å²) in [5.41, 5.74) is 2.65. The van der Waals surface area contributed by atoms with Crippen molar-refractivity contribution in [3.63, 3.8) is 0 Å². The van der Waals surface area contributed by atoms with E-state index in [-0.39, 0.29) is 5.54 Å². The van der Waals surface area contributed by atoms with Crippen molar-refractivity contribution in [1.82, 2.24) is 4.57 Å². The maximum absolute atomic E-state index is 10.9. The minimum Gasteiger partial charge on any atom is -0.748 e. The van der Waals surface area contributed by atoms with Crippen LogP contribution in [-0.4, -0.2) is 20.4 Å². The first-order valence-electron chi connectivity index (χ1n) is 8.81. The van der Waals surface area contributed by atoms with E-state index in [1.807, 2.05) is 36.4 Å². The highest BCUT2D eigenvalue weighted by atomic mass is 35.5. The van der Waals surface area contributed by atoms with Gasteiger partial charge in [0, 0.05) is 23.7 Å². The number of hydroxylamine groups is 1. The molecule has 0 spiro atoms. The number of rotatable bonds is 7. The first-order valence-corrected chi connectivity index (χ1v) is 10.2. The Morgan fingerprint density at radius 1 is 1.15 bits per heavy atom. The van der Waals surface area contributed by atoms with Crippen LogP contribution < -0.4 is 5.06 Å². The monoisotopic (exact) mass is 405 g/mol. The summed E-state index contributed by atoms with van der Waals surface area (Å²) in [5.74, 6) is 0. The molecule has 0 saturated carbocycles. The smallest absolute Gasteiger partial charge is 0.112 e. The molecule has 0 fully saturated rings. The zero-order valence-electron chi connectivity index (χ0n) is 15.5. The average Bonchev–Trinajstić information content (AvgIpc) is 3.09. The molecule has 0 N–H and O–H groups in total. The molecular formula is C20H22ClN2O3S-. The van der Waals surface area contributed by atoms with Crippen LogP contribution >= 0.6 is 11.6 Å². The molecular weight excluding hydrogens is 384 g/mol. The lowest BCUT2D eigenvalue weighted by molar-refractivity contribution is 0.290. The summed E-state index contributed by atoms with van der Waals surface area (Å²) in [6.07, 6.45) is 3.85. The van der Waals surface area contributed by atoms with Gasteiger partial charge in [-0.05, 0) is 48.7 Å². The molecule has 1 heterocycles. The molecule has 0 aliphatic carbocycles. The highest BCUT2D eigenvalue weighted by molar-refractivity contribution is 7.74. The molecule has 5 nitrogen and oxygen atoms in total. The van der Waals surface area contributed by atoms with Crippen molar-refractivity contribution in [3.8, 4) is 0 Å². The zero-order chi connectivity index (χ0) is 19.6. The van der Waals surface area contributed by atoms with Crippen molar-refractivity contribution < 1.29 is 13.0 Å². The van der Waals surface area contributed by atoms with Crippen LogP contribution in [0.4, 0.5) is 5.69 Å². The SMILES string of the molecule is CCC(CC)(c1ccc(Cl)cc1)n1ccc2c(N(C)OS(=O)[O-])cccc21. The predicted octanol–water partition coefficient (Wildman–Crippen LogP) is 5.02. The van der Waals surface area contributed by atoms with Crippen LogP contribution in [0.25, 0.3) is 10.9 Å². The first-order chi connectivity index (χ1) is 12.9. The number of aromatic nitrogens is 1. The number of anilines is 1. The second kappa shape index (κ2) is 8.02. The Morgan fingerprint density at radius 3 is 2.41 bits per heavy atom. The molecule has 7 heteroatoms. The predicted molar refractivity (Wildman–Crippen MR) is 109 cm³/mol. The van der Waals surface area contributed by atoms with Crippen LogP contribution in [0.15, 0.2) is 54.7 Å². The van der Waals surface area contributed by atoms with E-state index in [0.29, 0.717) is 10.7 Å². The van der Waals surface area contributed by atoms with Gasteiger partial charge in [-0.2, -0.15) is 4.28 Å². The average molecular weight is 406 g/mol. The lowest BCUT2D eigenvalue weighted by Gasteiger charge is -2.35. The number of nitrogens with zero attached hydrogens (tertiary/aromatic N) is 2. The molecule has 1 unspecified atom stereocenters. The van der Waals surface area contributed by atoms with Gasteiger partial charge < -0.3 is 9.12 Å². The van der Waals surface area contributed by atoms with Gasteiger partial charge in [-0.15, -0.1) is 0 Å². The lowest BCUT2D eigenvalue weighted by atomic mass is 9.84. The van der Waals surface area contributed by atoms with E-state index in [1.165, 1.54) is 10.6 Å². The van der Waals surface area contributed by atoms with Crippen molar-refractivity contribution in [1.29, 1.82) is 0 Å². The standard InChI is InChI=1S/C20H23ClN2O3S/c1-4-20(5-2,15-9-11-16(21)12-10-15)23-14-13-17-18(7-6-8-19(17)23)22(3)26-27(24)25/h6-14H,4-5H2,1-3H3,(H,24,25)/p-1. The first kappa shape index (κ1) is 19.9. The molecule has 27 heavy (non-hydrogen) atoms. The van der Waals surface area contributed by atoms with Crippen molar-refractivity contribution >= 4 is 39.6 Å². The molecule has 2 aromatic carbocycles. The van der Waals surface area contributed by atoms with Gasteiger partial charge in [0.2, 0.25) is 0 Å². The van der Waals surface area contributed by atoms with E-state index in [9.17, 15) is 8.76 Å². The number of benzene rings is 2. The van der Waals surface area contributed by atoms with Crippen molar-refractivity contribution in [3.05, 3.63) is 65.3 Å². The Kier molecular flexibility index (Phi) is 5.91.